The number of hydrogen-bond acceptors (Lipinski definition) is 1. The highest BCUT2D eigenvalue weighted by Gasteiger charge is 2.20. The summed E-state index contributed by atoms with van der Waals surface area (Å²) < 4.78 is 0. The number of nitrogens with one attached hydrogen (secondary N) is 1. The van der Waals surface area contributed by atoms with E-state index in [0.717, 1.165) is 5.69 Å². The van der Waals surface area contributed by atoms with Gasteiger partial charge in [-0.1, -0.05) is 55.8 Å². The standard InChI is InChI=1S/C18H21ClN2O/c1-13(2)18(14-6-4-3-5-7-14)20-12-17(22)21-16-10-8-15(19)9-11-16/h3-11,13,18,20H,12H2,1-2H3,(H,21,22)/p+1/t18-/m1/s1. The van der Waals surface area contributed by atoms with E-state index in [9.17, 15) is 4.79 Å². The van der Waals surface area contributed by atoms with Crippen molar-refractivity contribution < 1.29 is 10.1 Å². The molecule has 1 amide bonds. The van der Waals surface area contributed by atoms with Gasteiger partial charge < -0.3 is 10.6 Å². The Kier molecular flexibility index (Phi) is 5.99. The van der Waals surface area contributed by atoms with Crippen molar-refractivity contribution in [1.82, 2.24) is 0 Å². The van der Waals surface area contributed by atoms with E-state index in [1.54, 1.807) is 24.3 Å². The molecule has 0 aliphatic rings. The molecule has 0 radical (unpaired) electrons. The van der Waals surface area contributed by atoms with Crippen molar-refractivity contribution >= 4 is 23.2 Å². The second-order valence-electron chi connectivity index (χ2n) is 5.68. The van der Waals surface area contributed by atoms with Crippen molar-refractivity contribution in [2.45, 2.75) is 19.9 Å². The van der Waals surface area contributed by atoms with E-state index in [4.69, 9.17) is 11.6 Å². The maximum atomic E-state index is 12.1. The smallest absolute Gasteiger partial charge is 0.279 e. The molecule has 0 unspecified atom stereocenters. The minimum absolute atomic E-state index is 0.0103. The van der Waals surface area contributed by atoms with Crippen LogP contribution in [0.4, 0.5) is 5.69 Å². The quantitative estimate of drug-likeness (QED) is 0.844. The van der Waals surface area contributed by atoms with Crippen LogP contribution in [0.15, 0.2) is 54.6 Å². The van der Waals surface area contributed by atoms with E-state index in [1.807, 2.05) is 18.2 Å². The van der Waals surface area contributed by atoms with E-state index >= 15 is 0 Å². The fourth-order valence-corrected chi connectivity index (χ4v) is 2.57. The van der Waals surface area contributed by atoms with Gasteiger partial charge >= 0.3 is 0 Å². The Morgan fingerprint density at radius 2 is 1.73 bits per heavy atom. The predicted molar refractivity (Wildman–Crippen MR) is 90.9 cm³/mol. The molecule has 3 N–H and O–H groups in total. The maximum Gasteiger partial charge on any atom is 0.279 e. The summed E-state index contributed by atoms with van der Waals surface area (Å²) in [4.78, 5) is 12.1. The number of carbonyl (C=O) groups excluding carboxylic acids is 1. The van der Waals surface area contributed by atoms with E-state index in [-0.39, 0.29) is 11.9 Å². The molecule has 2 rings (SSSR count). The Hall–Kier alpha value is -1.84. The van der Waals surface area contributed by atoms with E-state index in [2.05, 4.69) is 36.6 Å². The van der Waals surface area contributed by atoms with Gasteiger partial charge in [0.2, 0.25) is 0 Å². The largest absolute Gasteiger partial charge is 0.332 e. The van der Waals surface area contributed by atoms with Crippen molar-refractivity contribution in [2.75, 3.05) is 11.9 Å². The third-order valence-electron chi connectivity index (χ3n) is 3.59. The zero-order valence-corrected chi connectivity index (χ0v) is 13.7. The highest BCUT2D eigenvalue weighted by Crippen LogP contribution is 2.17. The molecule has 0 aliphatic carbocycles. The van der Waals surface area contributed by atoms with E-state index < -0.39 is 0 Å². The zero-order valence-electron chi connectivity index (χ0n) is 12.9. The first-order chi connectivity index (χ1) is 10.6. The monoisotopic (exact) mass is 317 g/mol. The Labute approximate surface area is 136 Å². The third-order valence-corrected chi connectivity index (χ3v) is 3.84. The second-order valence-corrected chi connectivity index (χ2v) is 6.11. The summed E-state index contributed by atoms with van der Waals surface area (Å²) in [5, 5.41) is 5.64. The lowest BCUT2D eigenvalue weighted by Gasteiger charge is -2.19. The second kappa shape index (κ2) is 7.97. The normalized spacial score (nSPS) is 12.2. The molecule has 0 aromatic heterocycles. The fourth-order valence-electron chi connectivity index (χ4n) is 2.45. The molecule has 4 heteroatoms. The molecule has 0 spiro atoms. The SMILES string of the molecule is CC(C)[C@@H]([NH2+]CC(=O)Nc1ccc(Cl)cc1)c1ccccc1. The van der Waals surface area contributed by atoms with Crippen LogP contribution in [0.5, 0.6) is 0 Å². The summed E-state index contributed by atoms with van der Waals surface area (Å²) in [7, 11) is 0. The molecule has 0 heterocycles. The molecule has 0 fully saturated rings. The van der Waals surface area contributed by atoms with Crippen LogP contribution in [0.1, 0.15) is 25.5 Å². The molecule has 0 saturated heterocycles. The summed E-state index contributed by atoms with van der Waals surface area (Å²) >= 11 is 5.83. The average molecular weight is 318 g/mol. The van der Waals surface area contributed by atoms with Crippen LogP contribution in [0.2, 0.25) is 5.02 Å². The summed E-state index contributed by atoms with van der Waals surface area (Å²) in [6, 6.07) is 17.7. The van der Waals surface area contributed by atoms with Crippen molar-refractivity contribution in [2.24, 2.45) is 5.92 Å². The van der Waals surface area contributed by atoms with Crippen LogP contribution in [0, 0.1) is 5.92 Å². The number of carbonyl (C=O) groups is 1. The van der Waals surface area contributed by atoms with Crippen molar-refractivity contribution in [3.63, 3.8) is 0 Å². The van der Waals surface area contributed by atoms with Gasteiger partial charge in [0, 0.05) is 22.2 Å². The molecular formula is C18H22ClN2O+. The van der Waals surface area contributed by atoms with E-state index in [1.165, 1.54) is 5.56 Å². The molecule has 0 aliphatic heterocycles. The highest BCUT2D eigenvalue weighted by atomic mass is 35.5. The molecule has 0 saturated carbocycles. The van der Waals surface area contributed by atoms with Crippen LogP contribution >= 0.6 is 11.6 Å². The van der Waals surface area contributed by atoms with Crippen LogP contribution in [0.3, 0.4) is 0 Å². The van der Waals surface area contributed by atoms with Gasteiger partial charge in [-0.2, -0.15) is 0 Å². The molecule has 116 valence electrons. The minimum atomic E-state index is -0.0103. The van der Waals surface area contributed by atoms with Gasteiger partial charge in [0.25, 0.3) is 5.91 Å². The van der Waals surface area contributed by atoms with Crippen LogP contribution < -0.4 is 10.6 Å². The minimum Gasteiger partial charge on any atom is -0.332 e. The fraction of sp³-hybridized carbons (Fsp3) is 0.278. The first-order valence-electron chi connectivity index (χ1n) is 7.50. The number of quaternary nitrogens is 1. The van der Waals surface area contributed by atoms with Crippen molar-refractivity contribution in [3.05, 3.63) is 65.2 Å². The maximum absolute atomic E-state index is 12.1. The van der Waals surface area contributed by atoms with Gasteiger partial charge in [0.15, 0.2) is 6.54 Å². The zero-order chi connectivity index (χ0) is 15.9. The number of rotatable bonds is 6. The van der Waals surface area contributed by atoms with Gasteiger partial charge in [-0.3, -0.25) is 4.79 Å². The Morgan fingerprint density at radius 3 is 2.32 bits per heavy atom. The summed E-state index contributed by atoms with van der Waals surface area (Å²) in [6.07, 6.45) is 0. The molecule has 2 aromatic rings. The lowest BCUT2D eigenvalue weighted by atomic mass is 9.96. The third kappa shape index (κ3) is 4.86. The number of hydrogen-bond donors (Lipinski definition) is 2. The molecule has 0 bridgehead atoms. The summed E-state index contributed by atoms with van der Waals surface area (Å²) in [6.45, 7) is 4.73. The lowest BCUT2D eigenvalue weighted by molar-refractivity contribution is -0.692. The van der Waals surface area contributed by atoms with Crippen LogP contribution in [0.25, 0.3) is 0 Å². The van der Waals surface area contributed by atoms with Crippen molar-refractivity contribution in [3.8, 4) is 0 Å². The molecular weight excluding hydrogens is 296 g/mol. The van der Waals surface area contributed by atoms with Crippen LogP contribution in [-0.2, 0) is 4.79 Å². The van der Waals surface area contributed by atoms with Gasteiger partial charge in [0.1, 0.15) is 6.04 Å². The summed E-state index contributed by atoms with van der Waals surface area (Å²) in [5.41, 5.74) is 2.01. The highest BCUT2D eigenvalue weighted by molar-refractivity contribution is 6.30. The number of nitrogens with two attached hydrogens (primary N) is 1. The van der Waals surface area contributed by atoms with Gasteiger partial charge in [-0.05, 0) is 24.3 Å². The van der Waals surface area contributed by atoms with Crippen LogP contribution in [-0.4, -0.2) is 12.5 Å². The molecule has 3 nitrogen and oxygen atoms in total. The molecule has 22 heavy (non-hydrogen) atoms. The van der Waals surface area contributed by atoms with Gasteiger partial charge in [0.05, 0.1) is 0 Å². The van der Waals surface area contributed by atoms with Gasteiger partial charge in [-0.15, -0.1) is 0 Å². The number of anilines is 1. The summed E-state index contributed by atoms with van der Waals surface area (Å²) in [5.74, 6) is 0.439. The Balaban J connectivity index is 1.92. The average Bonchev–Trinajstić information content (AvgIpc) is 2.50. The predicted octanol–water partition coefficient (Wildman–Crippen LogP) is 3.24. The van der Waals surface area contributed by atoms with Gasteiger partial charge in [-0.25, -0.2) is 0 Å². The first-order valence-corrected chi connectivity index (χ1v) is 7.87. The Bertz CT molecular complexity index is 596. The molecule has 1 atom stereocenters. The number of amides is 1. The number of halogens is 1. The van der Waals surface area contributed by atoms with Crippen molar-refractivity contribution in [1.29, 1.82) is 0 Å². The topological polar surface area (TPSA) is 45.7 Å². The molecule has 2 aromatic carbocycles. The Morgan fingerprint density at radius 1 is 1.09 bits per heavy atom. The first kappa shape index (κ1) is 16.5. The van der Waals surface area contributed by atoms with E-state index in [0.29, 0.717) is 17.5 Å². The lowest BCUT2D eigenvalue weighted by Crippen LogP contribution is -2.88. The number of benzene rings is 2.